The molecule has 28 heavy (non-hydrogen) atoms. The highest BCUT2D eigenvalue weighted by Gasteiger charge is 2.50. The van der Waals surface area contributed by atoms with Crippen LogP contribution in [-0.2, 0) is 21.6 Å². The number of benzene rings is 2. The number of anilines is 1. The molecule has 1 amide bonds. The Balaban J connectivity index is 1.63. The van der Waals surface area contributed by atoms with E-state index in [1.165, 1.54) is 0 Å². The van der Waals surface area contributed by atoms with Crippen molar-refractivity contribution in [3.05, 3.63) is 65.9 Å². The molecule has 1 aliphatic heterocycles. The Morgan fingerprint density at radius 2 is 1.86 bits per heavy atom. The molecule has 1 atom stereocenters. The van der Waals surface area contributed by atoms with Crippen LogP contribution in [0.3, 0.4) is 0 Å². The standard InChI is InChI=1S/C23H24N2O3/c1-15(2)21(26)13-23(28)18-8-4-6-10-20(18)25(22(23)27)12-11-16-14-24-19-9-5-3-7-17(16)19/h3-10,14-15,24,28H,11-13H2,1-2H3. The number of ketones is 1. The number of fused-ring (bicyclic) bond motifs is 2. The Kier molecular flexibility index (Phi) is 4.55. The molecule has 3 aromatic rings. The first-order valence-corrected chi connectivity index (χ1v) is 9.63. The monoisotopic (exact) mass is 376 g/mol. The number of nitrogens with zero attached hydrogens (tertiary/aromatic N) is 1. The Morgan fingerprint density at radius 1 is 1.14 bits per heavy atom. The van der Waals surface area contributed by atoms with Crippen LogP contribution in [0.15, 0.2) is 54.7 Å². The number of H-pyrrole nitrogens is 1. The van der Waals surface area contributed by atoms with E-state index in [9.17, 15) is 14.7 Å². The van der Waals surface area contributed by atoms with Gasteiger partial charge in [-0.05, 0) is 24.1 Å². The number of rotatable bonds is 6. The summed E-state index contributed by atoms with van der Waals surface area (Å²) in [5.74, 6) is -0.768. The maximum absolute atomic E-state index is 13.2. The first-order chi connectivity index (χ1) is 13.4. The van der Waals surface area contributed by atoms with Gasteiger partial charge in [-0.3, -0.25) is 9.59 Å². The number of aromatic amines is 1. The first kappa shape index (κ1) is 18.4. The SMILES string of the molecule is CC(C)C(=O)CC1(O)C(=O)N(CCc2c[nH]c3ccccc23)c2ccccc21. The van der Waals surface area contributed by atoms with Gasteiger partial charge in [-0.2, -0.15) is 0 Å². The lowest BCUT2D eigenvalue weighted by atomic mass is 9.87. The molecule has 1 aromatic heterocycles. The van der Waals surface area contributed by atoms with Gasteiger partial charge in [0.05, 0.1) is 5.69 Å². The van der Waals surface area contributed by atoms with Crippen molar-refractivity contribution in [1.82, 2.24) is 4.98 Å². The lowest BCUT2D eigenvalue weighted by Crippen LogP contribution is -2.43. The van der Waals surface area contributed by atoms with E-state index in [0.29, 0.717) is 24.2 Å². The van der Waals surface area contributed by atoms with Gasteiger partial charge in [0, 0.05) is 41.5 Å². The fraction of sp³-hybridized carbons (Fsp3) is 0.304. The molecule has 0 fully saturated rings. The largest absolute Gasteiger partial charge is 0.375 e. The van der Waals surface area contributed by atoms with E-state index < -0.39 is 11.5 Å². The minimum Gasteiger partial charge on any atom is -0.375 e. The van der Waals surface area contributed by atoms with E-state index in [1.54, 1.807) is 30.9 Å². The third-order valence-electron chi connectivity index (χ3n) is 5.59. The maximum atomic E-state index is 13.2. The summed E-state index contributed by atoms with van der Waals surface area (Å²) in [4.78, 5) is 30.4. The number of carbonyl (C=O) groups excluding carboxylic acids is 2. The van der Waals surface area contributed by atoms with Crippen molar-refractivity contribution in [3.63, 3.8) is 0 Å². The maximum Gasteiger partial charge on any atom is 0.264 e. The Hall–Kier alpha value is -2.92. The molecule has 2 heterocycles. The predicted molar refractivity (Wildman–Crippen MR) is 109 cm³/mol. The number of nitrogens with one attached hydrogen (secondary N) is 1. The van der Waals surface area contributed by atoms with Crippen LogP contribution in [-0.4, -0.2) is 28.3 Å². The van der Waals surface area contributed by atoms with Crippen LogP contribution in [0.1, 0.15) is 31.4 Å². The van der Waals surface area contributed by atoms with Crippen molar-refractivity contribution >= 4 is 28.3 Å². The first-order valence-electron chi connectivity index (χ1n) is 9.63. The third kappa shape index (κ3) is 2.92. The molecule has 144 valence electrons. The highest BCUT2D eigenvalue weighted by atomic mass is 16.3. The van der Waals surface area contributed by atoms with Gasteiger partial charge in [-0.15, -0.1) is 0 Å². The number of Topliss-reactive ketones (excluding diaryl/α,β-unsaturated/α-hetero) is 1. The van der Waals surface area contributed by atoms with Gasteiger partial charge in [0.1, 0.15) is 5.78 Å². The van der Waals surface area contributed by atoms with E-state index >= 15 is 0 Å². The summed E-state index contributed by atoms with van der Waals surface area (Å²) in [6, 6.07) is 15.3. The van der Waals surface area contributed by atoms with E-state index in [2.05, 4.69) is 11.1 Å². The number of hydrogen-bond donors (Lipinski definition) is 2. The molecule has 5 nitrogen and oxygen atoms in total. The second-order valence-corrected chi connectivity index (χ2v) is 7.74. The second-order valence-electron chi connectivity index (χ2n) is 7.74. The van der Waals surface area contributed by atoms with E-state index in [1.807, 2.05) is 36.5 Å². The number of aliphatic hydroxyl groups is 1. The van der Waals surface area contributed by atoms with E-state index in [0.717, 1.165) is 16.5 Å². The Labute approximate surface area is 164 Å². The molecule has 0 saturated heterocycles. The van der Waals surface area contributed by atoms with Crippen molar-refractivity contribution in [1.29, 1.82) is 0 Å². The zero-order chi connectivity index (χ0) is 19.9. The minimum absolute atomic E-state index is 0.121. The van der Waals surface area contributed by atoms with Crippen molar-refractivity contribution in [2.24, 2.45) is 5.92 Å². The average Bonchev–Trinajstić information content (AvgIpc) is 3.19. The quantitative estimate of drug-likeness (QED) is 0.691. The average molecular weight is 376 g/mol. The van der Waals surface area contributed by atoms with Crippen molar-refractivity contribution < 1.29 is 14.7 Å². The number of amides is 1. The topological polar surface area (TPSA) is 73.4 Å². The summed E-state index contributed by atoms with van der Waals surface area (Å²) >= 11 is 0. The van der Waals surface area contributed by atoms with Crippen molar-refractivity contribution in [2.75, 3.05) is 11.4 Å². The van der Waals surface area contributed by atoms with Crippen LogP contribution in [0.5, 0.6) is 0 Å². The van der Waals surface area contributed by atoms with Crippen molar-refractivity contribution in [2.45, 2.75) is 32.3 Å². The highest BCUT2D eigenvalue weighted by Crippen LogP contribution is 2.42. The normalized spacial score (nSPS) is 18.9. The molecule has 0 radical (unpaired) electrons. The number of hydrogen-bond acceptors (Lipinski definition) is 3. The van der Waals surface area contributed by atoms with Crippen LogP contribution in [0.25, 0.3) is 10.9 Å². The van der Waals surface area contributed by atoms with Crippen LogP contribution in [0, 0.1) is 5.92 Å². The van der Waals surface area contributed by atoms with Gasteiger partial charge < -0.3 is 15.0 Å². The molecule has 1 unspecified atom stereocenters. The molecule has 1 aliphatic rings. The summed E-state index contributed by atoms with van der Waals surface area (Å²) < 4.78 is 0. The number of para-hydroxylation sites is 2. The third-order valence-corrected chi connectivity index (χ3v) is 5.59. The van der Waals surface area contributed by atoms with E-state index in [-0.39, 0.29) is 18.1 Å². The molecule has 4 rings (SSSR count). The van der Waals surface area contributed by atoms with Gasteiger partial charge in [-0.1, -0.05) is 50.2 Å². The Morgan fingerprint density at radius 3 is 2.64 bits per heavy atom. The zero-order valence-electron chi connectivity index (χ0n) is 16.1. The molecule has 2 N–H and O–H groups in total. The Bertz CT molecular complexity index is 1050. The summed E-state index contributed by atoms with van der Waals surface area (Å²) in [5, 5.41) is 12.3. The zero-order valence-corrected chi connectivity index (χ0v) is 16.1. The molecule has 0 aliphatic carbocycles. The summed E-state index contributed by atoms with van der Waals surface area (Å²) in [5.41, 5.74) is 1.61. The van der Waals surface area contributed by atoms with E-state index in [4.69, 9.17) is 0 Å². The van der Waals surface area contributed by atoms with Crippen LogP contribution >= 0.6 is 0 Å². The minimum atomic E-state index is -1.78. The summed E-state index contributed by atoms with van der Waals surface area (Å²) in [7, 11) is 0. The molecule has 0 saturated carbocycles. The fourth-order valence-electron chi connectivity index (χ4n) is 3.93. The molecule has 5 heteroatoms. The smallest absolute Gasteiger partial charge is 0.264 e. The van der Waals surface area contributed by atoms with Gasteiger partial charge in [0.25, 0.3) is 5.91 Å². The molecule has 0 bridgehead atoms. The van der Waals surface area contributed by atoms with Gasteiger partial charge in [0.2, 0.25) is 0 Å². The lowest BCUT2D eigenvalue weighted by molar-refractivity contribution is -0.142. The van der Waals surface area contributed by atoms with Crippen LogP contribution in [0.2, 0.25) is 0 Å². The highest BCUT2D eigenvalue weighted by molar-refractivity contribution is 6.09. The van der Waals surface area contributed by atoms with Crippen LogP contribution < -0.4 is 4.90 Å². The second kappa shape index (κ2) is 6.91. The van der Waals surface area contributed by atoms with Crippen LogP contribution in [0.4, 0.5) is 5.69 Å². The van der Waals surface area contributed by atoms with Gasteiger partial charge in [-0.25, -0.2) is 0 Å². The predicted octanol–water partition coefficient (Wildman–Crippen LogP) is 3.56. The number of carbonyl (C=O) groups is 2. The summed E-state index contributed by atoms with van der Waals surface area (Å²) in [6.45, 7) is 4.01. The lowest BCUT2D eigenvalue weighted by Gasteiger charge is -2.23. The molecule has 0 spiro atoms. The number of aromatic nitrogens is 1. The molecular weight excluding hydrogens is 352 g/mol. The fourth-order valence-corrected chi connectivity index (χ4v) is 3.93. The van der Waals surface area contributed by atoms with Gasteiger partial charge >= 0.3 is 0 Å². The summed E-state index contributed by atoms with van der Waals surface area (Å²) in [6.07, 6.45) is 2.42. The molecular formula is C23H24N2O3. The van der Waals surface area contributed by atoms with Gasteiger partial charge in [0.15, 0.2) is 5.60 Å². The molecule has 2 aromatic carbocycles. The van der Waals surface area contributed by atoms with Crippen molar-refractivity contribution in [3.8, 4) is 0 Å².